The van der Waals surface area contributed by atoms with Gasteiger partial charge >= 0.3 is 0 Å². The molecule has 2 rings (SSSR count). The van der Waals surface area contributed by atoms with Gasteiger partial charge in [0.05, 0.1) is 0 Å². The molecule has 1 aromatic rings. The normalized spacial score (nSPS) is 14.9. The molecule has 2 N–H and O–H groups in total. The minimum absolute atomic E-state index is 0.258. The van der Waals surface area contributed by atoms with Crippen LogP contribution in [0.5, 0.6) is 0 Å². The number of Topliss-reactive ketones (excluding diaryl/α,β-unsaturated/α-hetero) is 1. The summed E-state index contributed by atoms with van der Waals surface area (Å²) in [6, 6.07) is 3.66. The standard InChI is InChI=1S/C10H11NO/c1-6-7-3-5-10(12)8(7)2-4-9(6)11/h2,4H,3,5,11H2,1H3. The Morgan fingerprint density at radius 2 is 2.08 bits per heavy atom. The van der Waals surface area contributed by atoms with E-state index in [0.29, 0.717) is 6.42 Å². The van der Waals surface area contributed by atoms with Crippen molar-refractivity contribution in [3.63, 3.8) is 0 Å². The van der Waals surface area contributed by atoms with Crippen molar-refractivity contribution in [3.8, 4) is 0 Å². The van der Waals surface area contributed by atoms with E-state index in [9.17, 15) is 4.79 Å². The van der Waals surface area contributed by atoms with E-state index < -0.39 is 0 Å². The first-order valence-corrected chi connectivity index (χ1v) is 4.11. The van der Waals surface area contributed by atoms with Crippen molar-refractivity contribution in [1.82, 2.24) is 0 Å². The zero-order valence-corrected chi connectivity index (χ0v) is 7.05. The Bertz CT molecular complexity index is 355. The first kappa shape index (κ1) is 7.35. The number of nitrogens with two attached hydrogens (primary N) is 1. The molecule has 2 heteroatoms. The minimum Gasteiger partial charge on any atom is -0.399 e. The molecule has 0 atom stereocenters. The molecule has 2 nitrogen and oxygen atoms in total. The van der Waals surface area contributed by atoms with E-state index in [0.717, 1.165) is 28.8 Å². The van der Waals surface area contributed by atoms with E-state index in [1.165, 1.54) is 0 Å². The summed E-state index contributed by atoms with van der Waals surface area (Å²) in [5.74, 6) is 0.258. The molecule has 0 amide bonds. The quantitative estimate of drug-likeness (QED) is 0.588. The van der Waals surface area contributed by atoms with E-state index in [-0.39, 0.29) is 5.78 Å². The topological polar surface area (TPSA) is 43.1 Å². The summed E-state index contributed by atoms with van der Waals surface area (Å²) < 4.78 is 0. The molecule has 0 saturated carbocycles. The van der Waals surface area contributed by atoms with Crippen LogP contribution in [0.1, 0.15) is 27.9 Å². The van der Waals surface area contributed by atoms with Gasteiger partial charge in [-0.25, -0.2) is 0 Å². The van der Waals surface area contributed by atoms with Crippen LogP contribution in [-0.2, 0) is 6.42 Å². The van der Waals surface area contributed by atoms with E-state index in [4.69, 9.17) is 5.73 Å². The number of ketones is 1. The van der Waals surface area contributed by atoms with Crippen LogP contribution in [0.3, 0.4) is 0 Å². The summed E-state index contributed by atoms with van der Waals surface area (Å²) in [7, 11) is 0. The highest BCUT2D eigenvalue weighted by atomic mass is 16.1. The molecule has 0 bridgehead atoms. The zero-order chi connectivity index (χ0) is 8.72. The predicted molar refractivity (Wildman–Crippen MR) is 48.2 cm³/mol. The maximum Gasteiger partial charge on any atom is 0.163 e. The second kappa shape index (κ2) is 2.34. The van der Waals surface area contributed by atoms with Gasteiger partial charge in [-0.15, -0.1) is 0 Å². The van der Waals surface area contributed by atoms with E-state index in [2.05, 4.69) is 0 Å². The van der Waals surface area contributed by atoms with Crippen LogP contribution >= 0.6 is 0 Å². The summed E-state index contributed by atoms with van der Waals surface area (Å²) in [5.41, 5.74) is 9.63. The van der Waals surface area contributed by atoms with E-state index >= 15 is 0 Å². The number of hydrogen-bond acceptors (Lipinski definition) is 2. The molecule has 1 aliphatic rings. The van der Waals surface area contributed by atoms with Crippen molar-refractivity contribution >= 4 is 11.5 Å². The third-order valence-corrected chi connectivity index (χ3v) is 2.54. The highest BCUT2D eigenvalue weighted by molar-refractivity contribution is 6.01. The Morgan fingerprint density at radius 1 is 1.33 bits per heavy atom. The number of nitrogen functional groups attached to an aromatic ring is 1. The van der Waals surface area contributed by atoms with Gasteiger partial charge in [0.25, 0.3) is 0 Å². The lowest BCUT2D eigenvalue weighted by atomic mass is 10.0. The smallest absolute Gasteiger partial charge is 0.163 e. The second-order valence-corrected chi connectivity index (χ2v) is 3.23. The molecular formula is C10H11NO. The van der Waals surface area contributed by atoms with Crippen LogP contribution in [0.4, 0.5) is 5.69 Å². The lowest BCUT2D eigenvalue weighted by Crippen LogP contribution is -1.96. The molecule has 0 unspecified atom stereocenters. The van der Waals surface area contributed by atoms with Gasteiger partial charge in [0.2, 0.25) is 0 Å². The second-order valence-electron chi connectivity index (χ2n) is 3.23. The van der Waals surface area contributed by atoms with Crippen molar-refractivity contribution in [2.24, 2.45) is 0 Å². The average molecular weight is 161 g/mol. The van der Waals surface area contributed by atoms with E-state index in [1.807, 2.05) is 19.1 Å². The maximum atomic E-state index is 11.3. The Labute approximate surface area is 71.4 Å². The van der Waals surface area contributed by atoms with Crippen molar-refractivity contribution in [3.05, 3.63) is 28.8 Å². The fraction of sp³-hybridized carbons (Fsp3) is 0.300. The zero-order valence-electron chi connectivity index (χ0n) is 7.05. The van der Waals surface area contributed by atoms with Crippen LogP contribution in [0.2, 0.25) is 0 Å². The summed E-state index contributed by atoms with van der Waals surface area (Å²) in [4.78, 5) is 11.3. The van der Waals surface area contributed by atoms with Crippen molar-refractivity contribution in [2.45, 2.75) is 19.8 Å². The Balaban J connectivity index is 2.68. The molecule has 0 saturated heterocycles. The van der Waals surface area contributed by atoms with Gasteiger partial charge < -0.3 is 5.73 Å². The molecule has 0 heterocycles. The molecule has 1 aromatic carbocycles. The number of carbonyl (C=O) groups excluding carboxylic acids is 1. The third kappa shape index (κ3) is 0.843. The Morgan fingerprint density at radius 3 is 2.83 bits per heavy atom. The molecule has 0 aromatic heterocycles. The lowest BCUT2D eigenvalue weighted by Gasteiger charge is -2.04. The van der Waals surface area contributed by atoms with Crippen molar-refractivity contribution in [1.29, 1.82) is 0 Å². The molecular weight excluding hydrogens is 150 g/mol. The predicted octanol–water partition coefficient (Wildman–Crippen LogP) is 1.71. The number of benzene rings is 1. The Kier molecular flexibility index (Phi) is 1.43. The fourth-order valence-corrected chi connectivity index (χ4v) is 1.73. The van der Waals surface area contributed by atoms with Crippen LogP contribution in [0.25, 0.3) is 0 Å². The minimum atomic E-state index is 0.258. The molecule has 0 spiro atoms. The number of carbonyl (C=O) groups is 1. The summed E-state index contributed by atoms with van der Waals surface area (Å²) in [5, 5.41) is 0. The summed E-state index contributed by atoms with van der Waals surface area (Å²) >= 11 is 0. The van der Waals surface area contributed by atoms with Gasteiger partial charge in [-0.3, -0.25) is 4.79 Å². The van der Waals surface area contributed by atoms with Gasteiger partial charge in [0.1, 0.15) is 0 Å². The largest absolute Gasteiger partial charge is 0.399 e. The highest BCUT2D eigenvalue weighted by Crippen LogP contribution is 2.28. The number of hydrogen-bond donors (Lipinski definition) is 1. The molecule has 12 heavy (non-hydrogen) atoms. The number of anilines is 1. The molecule has 0 radical (unpaired) electrons. The third-order valence-electron chi connectivity index (χ3n) is 2.54. The van der Waals surface area contributed by atoms with Crippen LogP contribution in [-0.4, -0.2) is 5.78 Å². The SMILES string of the molecule is Cc1c(N)ccc2c1CCC2=O. The molecule has 0 fully saturated rings. The molecule has 62 valence electrons. The Hall–Kier alpha value is -1.31. The maximum absolute atomic E-state index is 11.3. The van der Waals surface area contributed by atoms with Crippen LogP contribution in [0, 0.1) is 6.92 Å². The van der Waals surface area contributed by atoms with Gasteiger partial charge in [-0.2, -0.15) is 0 Å². The van der Waals surface area contributed by atoms with Gasteiger partial charge in [0.15, 0.2) is 5.78 Å². The van der Waals surface area contributed by atoms with Gasteiger partial charge in [-0.1, -0.05) is 0 Å². The average Bonchev–Trinajstić information content (AvgIpc) is 2.41. The fourth-order valence-electron chi connectivity index (χ4n) is 1.73. The van der Waals surface area contributed by atoms with Crippen LogP contribution < -0.4 is 5.73 Å². The number of fused-ring (bicyclic) bond motifs is 1. The number of rotatable bonds is 0. The molecule has 0 aliphatic heterocycles. The highest BCUT2D eigenvalue weighted by Gasteiger charge is 2.21. The first-order valence-electron chi connectivity index (χ1n) is 4.11. The monoisotopic (exact) mass is 161 g/mol. The molecule has 1 aliphatic carbocycles. The van der Waals surface area contributed by atoms with E-state index in [1.54, 1.807) is 0 Å². The van der Waals surface area contributed by atoms with Crippen LogP contribution in [0.15, 0.2) is 12.1 Å². The first-order chi connectivity index (χ1) is 5.70. The van der Waals surface area contributed by atoms with Gasteiger partial charge in [0, 0.05) is 17.7 Å². The van der Waals surface area contributed by atoms with Crippen molar-refractivity contribution in [2.75, 3.05) is 5.73 Å². The summed E-state index contributed by atoms with van der Waals surface area (Å²) in [6.45, 7) is 1.98. The summed E-state index contributed by atoms with van der Waals surface area (Å²) in [6.07, 6.45) is 1.52. The van der Waals surface area contributed by atoms with Crippen molar-refractivity contribution < 1.29 is 4.79 Å². The lowest BCUT2D eigenvalue weighted by molar-refractivity contribution is 0.0994. The van der Waals surface area contributed by atoms with Gasteiger partial charge in [-0.05, 0) is 36.6 Å².